The van der Waals surface area contributed by atoms with Gasteiger partial charge in [0.2, 0.25) is 0 Å². The molecule has 2 rings (SSSR count). The van der Waals surface area contributed by atoms with Crippen molar-refractivity contribution in [2.45, 2.75) is 20.3 Å². The molecule has 0 unspecified atom stereocenters. The lowest BCUT2D eigenvalue weighted by Crippen LogP contribution is -1.87. The van der Waals surface area contributed by atoms with Gasteiger partial charge in [0.25, 0.3) is 0 Å². The first-order valence-corrected chi connectivity index (χ1v) is 4.67. The summed E-state index contributed by atoms with van der Waals surface area (Å²) in [5, 5.41) is 3.85. The highest BCUT2D eigenvalue weighted by molar-refractivity contribution is 5.64. The summed E-state index contributed by atoms with van der Waals surface area (Å²) in [6, 6.07) is 4.04. The highest BCUT2D eigenvalue weighted by atomic mass is 16.5. The third-order valence-electron chi connectivity index (χ3n) is 2.24. The molecule has 2 aromatic heterocycles. The van der Waals surface area contributed by atoms with Gasteiger partial charge in [-0.3, -0.25) is 4.98 Å². The number of rotatable bonds is 2. The Labute approximate surface area is 82.8 Å². The van der Waals surface area contributed by atoms with Gasteiger partial charge in [-0.15, -0.1) is 0 Å². The molecule has 0 aliphatic heterocycles. The van der Waals surface area contributed by atoms with E-state index in [1.807, 2.05) is 19.2 Å². The van der Waals surface area contributed by atoms with Crippen LogP contribution >= 0.6 is 0 Å². The SMILES string of the molecule is CCc1cc(-c2conc2C)ccn1. The van der Waals surface area contributed by atoms with E-state index in [2.05, 4.69) is 23.1 Å². The lowest BCUT2D eigenvalue weighted by atomic mass is 10.1. The van der Waals surface area contributed by atoms with Crippen LogP contribution in [-0.4, -0.2) is 10.1 Å². The average molecular weight is 188 g/mol. The van der Waals surface area contributed by atoms with Gasteiger partial charge in [0.15, 0.2) is 0 Å². The first-order valence-electron chi connectivity index (χ1n) is 4.67. The molecule has 0 radical (unpaired) electrons. The zero-order chi connectivity index (χ0) is 9.97. The molecule has 72 valence electrons. The van der Waals surface area contributed by atoms with Crippen molar-refractivity contribution in [2.75, 3.05) is 0 Å². The van der Waals surface area contributed by atoms with Gasteiger partial charge < -0.3 is 4.52 Å². The second-order valence-electron chi connectivity index (χ2n) is 3.20. The molecule has 0 aromatic carbocycles. The van der Waals surface area contributed by atoms with Crippen LogP contribution in [0.3, 0.4) is 0 Å². The molecule has 2 heterocycles. The van der Waals surface area contributed by atoms with Crippen molar-refractivity contribution in [1.82, 2.24) is 10.1 Å². The Kier molecular flexibility index (Phi) is 2.31. The van der Waals surface area contributed by atoms with Crippen LogP contribution in [0.15, 0.2) is 29.1 Å². The Bertz CT molecular complexity index is 434. The predicted molar refractivity (Wildman–Crippen MR) is 53.8 cm³/mol. The van der Waals surface area contributed by atoms with Crippen LogP contribution in [-0.2, 0) is 6.42 Å². The molecule has 3 heteroatoms. The van der Waals surface area contributed by atoms with Gasteiger partial charge in [-0.1, -0.05) is 12.1 Å². The molecule has 0 bridgehead atoms. The Morgan fingerprint density at radius 3 is 2.93 bits per heavy atom. The summed E-state index contributed by atoms with van der Waals surface area (Å²) in [7, 11) is 0. The Balaban J connectivity index is 2.47. The Morgan fingerprint density at radius 1 is 1.43 bits per heavy atom. The minimum atomic E-state index is 0.915. The van der Waals surface area contributed by atoms with Crippen LogP contribution in [0.2, 0.25) is 0 Å². The zero-order valence-electron chi connectivity index (χ0n) is 8.32. The average Bonchev–Trinajstić information content (AvgIpc) is 2.65. The van der Waals surface area contributed by atoms with Gasteiger partial charge >= 0.3 is 0 Å². The van der Waals surface area contributed by atoms with E-state index in [-0.39, 0.29) is 0 Å². The predicted octanol–water partition coefficient (Wildman–Crippen LogP) is 2.61. The molecular weight excluding hydrogens is 176 g/mol. The first-order chi connectivity index (χ1) is 6.81. The standard InChI is InChI=1S/C11H12N2O/c1-3-10-6-9(4-5-12-10)11-7-14-13-8(11)2/h4-7H,3H2,1-2H3. The highest BCUT2D eigenvalue weighted by Gasteiger charge is 2.05. The van der Waals surface area contributed by atoms with Crippen LogP contribution in [0.4, 0.5) is 0 Å². The first kappa shape index (κ1) is 8.94. The van der Waals surface area contributed by atoms with Gasteiger partial charge in [-0.2, -0.15) is 0 Å². The van der Waals surface area contributed by atoms with Crippen molar-refractivity contribution >= 4 is 0 Å². The summed E-state index contributed by atoms with van der Waals surface area (Å²) in [4.78, 5) is 4.25. The number of hydrogen-bond acceptors (Lipinski definition) is 3. The number of aromatic nitrogens is 2. The van der Waals surface area contributed by atoms with Crippen molar-refractivity contribution in [3.05, 3.63) is 36.0 Å². The topological polar surface area (TPSA) is 38.9 Å². The molecule has 0 saturated carbocycles. The van der Waals surface area contributed by atoms with Crippen molar-refractivity contribution < 1.29 is 4.52 Å². The van der Waals surface area contributed by atoms with Gasteiger partial charge in [0.05, 0.1) is 5.69 Å². The number of pyridine rings is 1. The van der Waals surface area contributed by atoms with Crippen molar-refractivity contribution in [3.8, 4) is 11.1 Å². The third kappa shape index (κ3) is 1.53. The molecule has 0 N–H and O–H groups in total. The van der Waals surface area contributed by atoms with E-state index in [0.717, 1.165) is 28.9 Å². The summed E-state index contributed by atoms with van der Waals surface area (Å²) >= 11 is 0. The number of nitrogens with zero attached hydrogens (tertiary/aromatic N) is 2. The van der Waals surface area contributed by atoms with E-state index in [1.54, 1.807) is 6.26 Å². The molecule has 0 fully saturated rings. The van der Waals surface area contributed by atoms with Crippen LogP contribution in [0.5, 0.6) is 0 Å². The normalized spacial score (nSPS) is 10.4. The fraction of sp³-hybridized carbons (Fsp3) is 0.273. The van der Waals surface area contributed by atoms with E-state index in [9.17, 15) is 0 Å². The van der Waals surface area contributed by atoms with E-state index in [0.29, 0.717) is 0 Å². The fourth-order valence-corrected chi connectivity index (χ4v) is 1.41. The summed E-state index contributed by atoms with van der Waals surface area (Å²) in [6.07, 6.45) is 4.43. The third-order valence-corrected chi connectivity index (χ3v) is 2.24. The highest BCUT2D eigenvalue weighted by Crippen LogP contribution is 2.22. The smallest absolute Gasteiger partial charge is 0.131 e. The molecule has 0 saturated heterocycles. The van der Waals surface area contributed by atoms with Crippen LogP contribution < -0.4 is 0 Å². The summed E-state index contributed by atoms with van der Waals surface area (Å²) in [6.45, 7) is 4.03. The summed E-state index contributed by atoms with van der Waals surface area (Å²) in [5.74, 6) is 0. The molecule has 14 heavy (non-hydrogen) atoms. The lowest BCUT2D eigenvalue weighted by Gasteiger charge is -2.00. The van der Waals surface area contributed by atoms with Crippen molar-refractivity contribution in [3.63, 3.8) is 0 Å². The minimum Gasteiger partial charge on any atom is -0.364 e. The molecular formula is C11H12N2O. The molecule has 3 nitrogen and oxygen atoms in total. The summed E-state index contributed by atoms with van der Waals surface area (Å²) < 4.78 is 4.90. The largest absolute Gasteiger partial charge is 0.364 e. The zero-order valence-corrected chi connectivity index (χ0v) is 8.32. The quantitative estimate of drug-likeness (QED) is 0.727. The maximum Gasteiger partial charge on any atom is 0.131 e. The van der Waals surface area contributed by atoms with Crippen LogP contribution in [0.1, 0.15) is 18.3 Å². The second-order valence-corrected chi connectivity index (χ2v) is 3.20. The fourth-order valence-electron chi connectivity index (χ4n) is 1.41. The molecule has 0 spiro atoms. The Morgan fingerprint density at radius 2 is 2.29 bits per heavy atom. The molecule has 0 aliphatic rings. The molecule has 0 aliphatic carbocycles. The van der Waals surface area contributed by atoms with Crippen LogP contribution in [0.25, 0.3) is 11.1 Å². The van der Waals surface area contributed by atoms with Gasteiger partial charge in [0, 0.05) is 17.5 Å². The second kappa shape index (κ2) is 3.62. The van der Waals surface area contributed by atoms with Gasteiger partial charge in [0.1, 0.15) is 6.26 Å². The lowest BCUT2D eigenvalue weighted by molar-refractivity contribution is 0.415. The van der Waals surface area contributed by atoms with E-state index < -0.39 is 0 Å². The molecule has 0 amide bonds. The van der Waals surface area contributed by atoms with Gasteiger partial charge in [-0.05, 0) is 31.0 Å². The van der Waals surface area contributed by atoms with E-state index in [4.69, 9.17) is 4.52 Å². The van der Waals surface area contributed by atoms with Crippen molar-refractivity contribution in [2.24, 2.45) is 0 Å². The van der Waals surface area contributed by atoms with E-state index >= 15 is 0 Å². The van der Waals surface area contributed by atoms with Crippen molar-refractivity contribution in [1.29, 1.82) is 0 Å². The Hall–Kier alpha value is -1.64. The number of hydrogen-bond donors (Lipinski definition) is 0. The summed E-state index contributed by atoms with van der Waals surface area (Å²) in [5.41, 5.74) is 4.17. The molecule has 2 aromatic rings. The maximum absolute atomic E-state index is 4.90. The maximum atomic E-state index is 4.90. The van der Waals surface area contributed by atoms with E-state index in [1.165, 1.54) is 0 Å². The van der Waals surface area contributed by atoms with Crippen LogP contribution in [0, 0.1) is 6.92 Å². The minimum absolute atomic E-state index is 0.915. The monoisotopic (exact) mass is 188 g/mol. The number of aryl methyl sites for hydroxylation is 2. The van der Waals surface area contributed by atoms with Gasteiger partial charge in [-0.25, -0.2) is 0 Å². The molecule has 0 atom stereocenters.